The maximum absolute atomic E-state index is 12.6. The maximum atomic E-state index is 12.6. The van der Waals surface area contributed by atoms with Crippen LogP contribution in [0.3, 0.4) is 0 Å². The Morgan fingerprint density at radius 3 is 2.16 bits per heavy atom. The Kier molecular flexibility index (Phi) is 9.43. The SMILES string of the molecule is O.O=C(O)[C@H](CC(=O)N1C[C@H]2CCCC[C@H]2C1)Cc1ccccc1.[Ca+2]. The fourth-order valence-electron chi connectivity index (χ4n) is 4.09. The number of carbonyl (C=O) groups is 2. The van der Waals surface area contributed by atoms with Crippen molar-refractivity contribution in [2.45, 2.75) is 38.5 Å². The van der Waals surface area contributed by atoms with E-state index in [9.17, 15) is 14.7 Å². The molecule has 3 atom stereocenters. The quantitative estimate of drug-likeness (QED) is 0.798. The summed E-state index contributed by atoms with van der Waals surface area (Å²) < 4.78 is 0. The number of fused-ring (bicyclic) bond motifs is 1. The molecule has 1 saturated heterocycles. The fourth-order valence-corrected chi connectivity index (χ4v) is 4.09. The molecule has 3 N–H and O–H groups in total. The Hall–Kier alpha value is -0.620. The molecular weight excluding hydrogens is 346 g/mol. The number of hydrogen-bond donors (Lipinski definition) is 1. The summed E-state index contributed by atoms with van der Waals surface area (Å²) in [6.45, 7) is 1.67. The van der Waals surface area contributed by atoms with Crippen LogP contribution in [-0.4, -0.2) is 78.2 Å². The molecule has 6 heteroatoms. The molecule has 5 nitrogen and oxygen atoms in total. The third-order valence-electron chi connectivity index (χ3n) is 5.42. The van der Waals surface area contributed by atoms with Crippen LogP contribution >= 0.6 is 0 Å². The number of nitrogens with zero attached hydrogens (tertiary/aromatic N) is 1. The normalized spacial score (nSPS) is 23.0. The van der Waals surface area contributed by atoms with Crippen molar-refractivity contribution in [2.24, 2.45) is 17.8 Å². The molecule has 1 aromatic carbocycles. The van der Waals surface area contributed by atoms with Gasteiger partial charge in [-0.05, 0) is 36.7 Å². The first kappa shape index (κ1) is 22.4. The molecule has 132 valence electrons. The minimum Gasteiger partial charge on any atom is -0.481 e. The number of carbonyl (C=O) groups excluding carboxylic acids is 1. The summed E-state index contributed by atoms with van der Waals surface area (Å²) in [7, 11) is 0. The molecule has 3 rings (SSSR count). The first-order chi connectivity index (χ1) is 11.1. The molecule has 1 aliphatic heterocycles. The van der Waals surface area contributed by atoms with E-state index in [1.165, 1.54) is 25.7 Å². The van der Waals surface area contributed by atoms with E-state index in [4.69, 9.17) is 0 Å². The third kappa shape index (κ3) is 5.95. The van der Waals surface area contributed by atoms with Crippen LogP contribution in [0.15, 0.2) is 30.3 Å². The molecule has 2 aliphatic rings. The van der Waals surface area contributed by atoms with Gasteiger partial charge in [-0.1, -0.05) is 43.2 Å². The largest absolute Gasteiger partial charge is 2.00 e. The average Bonchev–Trinajstić information content (AvgIpc) is 2.99. The Labute approximate surface area is 179 Å². The van der Waals surface area contributed by atoms with Crippen LogP contribution in [0.25, 0.3) is 0 Å². The van der Waals surface area contributed by atoms with Crippen molar-refractivity contribution in [3.63, 3.8) is 0 Å². The van der Waals surface area contributed by atoms with Gasteiger partial charge in [-0.2, -0.15) is 0 Å². The van der Waals surface area contributed by atoms with Gasteiger partial charge in [-0.3, -0.25) is 9.59 Å². The molecule has 0 aromatic heterocycles. The second-order valence-corrected chi connectivity index (χ2v) is 7.03. The summed E-state index contributed by atoms with van der Waals surface area (Å²) in [5.74, 6) is -0.204. The van der Waals surface area contributed by atoms with E-state index in [1.807, 2.05) is 35.2 Å². The molecule has 1 saturated carbocycles. The predicted octanol–water partition coefficient (Wildman–Crippen LogP) is 1.76. The molecule has 25 heavy (non-hydrogen) atoms. The molecule has 2 fully saturated rings. The number of amides is 1. The Morgan fingerprint density at radius 1 is 1.08 bits per heavy atom. The standard InChI is InChI=1S/C19H25NO3.Ca.H2O/c21-18(20-12-15-8-4-5-9-16(15)13-20)11-17(19(22)23)10-14-6-2-1-3-7-14;;/h1-3,6-7,15-17H,4-5,8-13H2,(H,22,23);;1H2/q;+2;/t15-,16+,17-;;/m0../s1. The number of benzene rings is 1. The number of aliphatic carboxylic acids is 1. The van der Waals surface area contributed by atoms with Gasteiger partial charge in [0.05, 0.1) is 5.92 Å². The van der Waals surface area contributed by atoms with Crippen LogP contribution in [0.5, 0.6) is 0 Å². The molecule has 0 radical (unpaired) electrons. The zero-order chi connectivity index (χ0) is 16.2. The Balaban J connectivity index is 0.00000156. The van der Waals surface area contributed by atoms with Crippen molar-refractivity contribution in [1.29, 1.82) is 0 Å². The van der Waals surface area contributed by atoms with Gasteiger partial charge >= 0.3 is 43.7 Å². The van der Waals surface area contributed by atoms with Crippen LogP contribution in [0.1, 0.15) is 37.7 Å². The van der Waals surface area contributed by atoms with E-state index in [1.54, 1.807) is 0 Å². The van der Waals surface area contributed by atoms with Gasteiger partial charge in [0.1, 0.15) is 0 Å². The van der Waals surface area contributed by atoms with Crippen LogP contribution < -0.4 is 0 Å². The molecule has 0 bridgehead atoms. The van der Waals surface area contributed by atoms with Gasteiger partial charge in [-0.25, -0.2) is 0 Å². The van der Waals surface area contributed by atoms with Gasteiger partial charge in [0.15, 0.2) is 0 Å². The molecule has 1 amide bonds. The second kappa shape index (κ2) is 10.5. The molecular formula is C19H27CaNO4+2. The van der Waals surface area contributed by atoms with Gasteiger partial charge in [-0.15, -0.1) is 0 Å². The van der Waals surface area contributed by atoms with Crippen molar-refractivity contribution < 1.29 is 20.2 Å². The maximum Gasteiger partial charge on any atom is 2.00 e. The fraction of sp³-hybridized carbons (Fsp3) is 0.579. The van der Waals surface area contributed by atoms with Crippen LogP contribution in [0, 0.1) is 17.8 Å². The number of carboxylic acid groups (broad SMARTS) is 1. The molecule has 1 heterocycles. The first-order valence-corrected chi connectivity index (χ1v) is 8.68. The summed E-state index contributed by atoms with van der Waals surface area (Å²) in [5.41, 5.74) is 0.975. The average molecular weight is 374 g/mol. The van der Waals surface area contributed by atoms with Gasteiger partial charge in [0.25, 0.3) is 0 Å². The molecule has 1 aliphatic carbocycles. The molecule has 1 aromatic rings. The molecule has 0 unspecified atom stereocenters. The summed E-state index contributed by atoms with van der Waals surface area (Å²) in [6, 6.07) is 9.56. The van der Waals surface area contributed by atoms with Crippen molar-refractivity contribution in [1.82, 2.24) is 4.90 Å². The van der Waals surface area contributed by atoms with E-state index < -0.39 is 11.9 Å². The minimum absolute atomic E-state index is 0. The van der Waals surface area contributed by atoms with Crippen LogP contribution in [0.4, 0.5) is 0 Å². The topological polar surface area (TPSA) is 89.1 Å². The zero-order valence-corrected chi connectivity index (χ0v) is 16.9. The van der Waals surface area contributed by atoms with Gasteiger partial charge in [0, 0.05) is 19.5 Å². The van der Waals surface area contributed by atoms with E-state index >= 15 is 0 Å². The monoisotopic (exact) mass is 373 g/mol. The van der Waals surface area contributed by atoms with Crippen molar-refractivity contribution in [3.8, 4) is 0 Å². The second-order valence-electron chi connectivity index (χ2n) is 7.03. The number of rotatable bonds is 5. The van der Waals surface area contributed by atoms with E-state index in [0.717, 1.165) is 18.7 Å². The van der Waals surface area contributed by atoms with E-state index in [0.29, 0.717) is 18.3 Å². The summed E-state index contributed by atoms with van der Waals surface area (Å²) in [6.07, 6.45) is 5.53. The van der Waals surface area contributed by atoms with Crippen molar-refractivity contribution in [3.05, 3.63) is 35.9 Å². The summed E-state index contributed by atoms with van der Waals surface area (Å²) in [4.78, 5) is 26.0. The molecule has 0 spiro atoms. The van der Waals surface area contributed by atoms with E-state index in [-0.39, 0.29) is 55.5 Å². The van der Waals surface area contributed by atoms with Gasteiger partial charge in [0.2, 0.25) is 5.91 Å². The number of hydrogen-bond acceptors (Lipinski definition) is 2. The van der Waals surface area contributed by atoms with E-state index in [2.05, 4.69) is 0 Å². The number of likely N-dealkylation sites (tertiary alicyclic amines) is 1. The van der Waals surface area contributed by atoms with Crippen molar-refractivity contribution >= 4 is 49.6 Å². The Morgan fingerprint density at radius 2 is 1.64 bits per heavy atom. The minimum atomic E-state index is -0.876. The van der Waals surface area contributed by atoms with Crippen molar-refractivity contribution in [2.75, 3.05) is 13.1 Å². The first-order valence-electron chi connectivity index (χ1n) is 8.68. The number of carboxylic acids is 1. The van der Waals surface area contributed by atoms with Crippen LogP contribution in [0.2, 0.25) is 0 Å². The van der Waals surface area contributed by atoms with Gasteiger partial charge < -0.3 is 15.5 Å². The smallest absolute Gasteiger partial charge is 0.481 e. The summed E-state index contributed by atoms with van der Waals surface area (Å²) >= 11 is 0. The third-order valence-corrected chi connectivity index (χ3v) is 5.42. The zero-order valence-electron chi connectivity index (χ0n) is 14.7. The Bertz CT molecular complexity index is 552. The predicted molar refractivity (Wildman–Crippen MR) is 97.3 cm³/mol. The summed E-state index contributed by atoms with van der Waals surface area (Å²) in [5, 5.41) is 9.46. The van der Waals surface area contributed by atoms with Crippen LogP contribution in [-0.2, 0) is 16.0 Å².